The van der Waals surface area contributed by atoms with Crippen molar-refractivity contribution in [3.05, 3.63) is 51.9 Å². The molecule has 0 aliphatic carbocycles. The molecular formula is C18H16ClN3O5. The number of aromatic nitrogens is 1. The standard InChI is InChI=1S/C18H16ClN3O5/c1-3-26-18(25)12-8(2)27-17(13(12)15(20)23)22-16(24)11-7-9-5-4-6-10(19)14(9)21-11/h4-7,21H,3H2,1-2H3,(H2,20,23)(H,22,24). The molecule has 0 saturated carbocycles. The van der Waals surface area contributed by atoms with Crippen molar-refractivity contribution in [1.82, 2.24) is 4.98 Å². The summed E-state index contributed by atoms with van der Waals surface area (Å²) in [5, 5.41) is 3.66. The molecule has 2 aromatic heterocycles. The molecule has 27 heavy (non-hydrogen) atoms. The molecule has 0 spiro atoms. The highest BCUT2D eigenvalue weighted by molar-refractivity contribution is 6.35. The number of primary amides is 1. The van der Waals surface area contributed by atoms with E-state index in [9.17, 15) is 14.4 Å². The van der Waals surface area contributed by atoms with E-state index in [2.05, 4.69) is 10.3 Å². The van der Waals surface area contributed by atoms with Gasteiger partial charge in [-0.3, -0.25) is 14.9 Å². The molecule has 0 bridgehead atoms. The molecule has 8 nitrogen and oxygen atoms in total. The van der Waals surface area contributed by atoms with Crippen LogP contribution < -0.4 is 11.1 Å². The van der Waals surface area contributed by atoms with Crippen LogP contribution in [0.4, 0.5) is 5.88 Å². The first-order valence-corrected chi connectivity index (χ1v) is 8.40. The number of aromatic amines is 1. The largest absolute Gasteiger partial charge is 0.462 e. The van der Waals surface area contributed by atoms with E-state index in [4.69, 9.17) is 26.5 Å². The highest BCUT2D eigenvalue weighted by Gasteiger charge is 2.29. The quantitative estimate of drug-likeness (QED) is 0.577. The Morgan fingerprint density at radius 1 is 1.30 bits per heavy atom. The molecule has 0 radical (unpaired) electrons. The monoisotopic (exact) mass is 389 g/mol. The zero-order valence-corrected chi connectivity index (χ0v) is 15.3. The minimum atomic E-state index is -0.926. The van der Waals surface area contributed by atoms with E-state index in [1.54, 1.807) is 31.2 Å². The van der Waals surface area contributed by atoms with E-state index in [-0.39, 0.29) is 35.1 Å². The number of halogens is 1. The second-order valence-corrected chi connectivity index (χ2v) is 6.07. The van der Waals surface area contributed by atoms with Crippen molar-refractivity contribution in [3.63, 3.8) is 0 Å². The Labute approximate surface area is 158 Å². The van der Waals surface area contributed by atoms with Crippen molar-refractivity contribution in [2.45, 2.75) is 13.8 Å². The van der Waals surface area contributed by atoms with Gasteiger partial charge in [0.2, 0.25) is 5.88 Å². The molecule has 9 heteroatoms. The van der Waals surface area contributed by atoms with Gasteiger partial charge in [-0.05, 0) is 26.0 Å². The second-order valence-electron chi connectivity index (χ2n) is 5.66. The molecule has 0 aliphatic rings. The topological polar surface area (TPSA) is 127 Å². The number of hydrogen-bond acceptors (Lipinski definition) is 5. The molecule has 2 amide bonds. The molecule has 3 rings (SSSR count). The van der Waals surface area contributed by atoms with Crippen LogP contribution in [0, 0.1) is 6.92 Å². The predicted octanol–water partition coefficient (Wildman–Crippen LogP) is 3.25. The highest BCUT2D eigenvalue weighted by atomic mass is 35.5. The Kier molecular flexibility index (Phi) is 4.91. The van der Waals surface area contributed by atoms with Crippen molar-refractivity contribution in [2.24, 2.45) is 5.73 Å². The van der Waals surface area contributed by atoms with Crippen molar-refractivity contribution < 1.29 is 23.5 Å². The lowest BCUT2D eigenvalue weighted by Crippen LogP contribution is -2.20. The molecule has 0 atom stereocenters. The summed E-state index contributed by atoms with van der Waals surface area (Å²) in [6, 6.07) is 6.84. The fourth-order valence-corrected chi connectivity index (χ4v) is 2.96. The fourth-order valence-electron chi connectivity index (χ4n) is 2.73. The maximum Gasteiger partial charge on any atom is 0.342 e. The first-order chi connectivity index (χ1) is 12.8. The number of H-pyrrole nitrogens is 1. The Morgan fingerprint density at radius 3 is 2.67 bits per heavy atom. The number of carbonyl (C=O) groups excluding carboxylic acids is 3. The molecule has 140 valence electrons. The minimum absolute atomic E-state index is 0.109. The van der Waals surface area contributed by atoms with Gasteiger partial charge in [-0.15, -0.1) is 0 Å². The molecular weight excluding hydrogens is 374 g/mol. The van der Waals surface area contributed by atoms with Crippen LogP contribution in [0.2, 0.25) is 5.02 Å². The van der Waals surface area contributed by atoms with Gasteiger partial charge < -0.3 is 19.9 Å². The van der Waals surface area contributed by atoms with Crippen molar-refractivity contribution in [1.29, 1.82) is 0 Å². The zero-order valence-electron chi connectivity index (χ0n) is 14.5. The Balaban J connectivity index is 1.98. The van der Waals surface area contributed by atoms with E-state index in [1.807, 2.05) is 0 Å². The number of carbonyl (C=O) groups is 3. The van der Waals surface area contributed by atoms with Crippen LogP contribution in [0.3, 0.4) is 0 Å². The van der Waals surface area contributed by atoms with Crippen LogP contribution in [0.1, 0.15) is 43.9 Å². The smallest absolute Gasteiger partial charge is 0.342 e. The number of hydrogen-bond donors (Lipinski definition) is 3. The molecule has 2 heterocycles. The maximum atomic E-state index is 12.6. The number of para-hydroxylation sites is 1. The number of furan rings is 1. The molecule has 0 unspecified atom stereocenters. The Bertz CT molecular complexity index is 1070. The third-order valence-electron chi connectivity index (χ3n) is 3.89. The van der Waals surface area contributed by atoms with Gasteiger partial charge in [-0.2, -0.15) is 0 Å². The van der Waals surface area contributed by atoms with Gasteiger partial charge in [0.1, 0.15) is 22.6 Å². The summed E-state index contributed by atoms with van der Waals surface area (Å²) in [5.74, 6) is -2.39. The molecule has 3 aromatic rings. The average molecular weight is 390 g/mol. The fraction of sp³-hybridized carbons (Fsp3) is 0.167. The van der Waals surface area contributed by atoms with Crippen LogP contribution in [0.15, 0.2) is 28.7 Å². The lowest BCUT2D eigenvalue weighted by molar-refractivity contribution is 0.0521. The Morgan fingerprint density at radius 2 is 2.04 bits per heavy atom. The summed E-state index contributed by atoms with van der Waals surface area (Å²) in [6.07, 6.45) is 0. The summed E-state index contributed by atoms with van der Waals surface area (Å²) in [4.78, 5) is 39.4. The number of esters is 1. The van der Waals surface area contributed by atoms with Crippen LogP contribution >= 0.6 is 11.6 Å². The number of amides is 2. The van der Waals surface area contributed by atoms with Crippen LogP contribution in [0.25, 0.3) is 10.9 Å². The lowest BCUT2D eigenvalue weighted by atomic mass is 10.1. The number of benzene rings is 1. The van der Waals surface area contributed by atoms with Crippen LogP contribution in [-0.4, -0.2) is 29.4 Å². The van der Waals surface area contributed by atoms with E-state index in [0.717, 1.165) is 5.39 Å². The number of rotatable bonds is 5. The SMILES string of the molecule is CCOC(=O)c1c(C)oc(NC(=O)c2cc3cccc(Cl)c3[nH]2)c1C(N)=O. The van der Waals surface area contributed by atoms with Gasteiger partial charge in [0.05, 0.1) is 17.1 Å². The molecule has 1 aromatic carbocycles. The number of anilines is 1. The van der Waals surface area contributed by atoms with Gasteiger partial charge in [-0.25, -0.2) is 4.79 Å². The first kappa shape index (κ1) is 18.5. The van der Waals surface area contributed by atoms with Gasteiger partial charge in [0.25, 0.3) is 11.8 Å². The summed E-state index contributed by atoms with van der Waals surface area (Å²) in [5.41, 5.74) is 5.82. The third-order valence-corrected chi connectivity index (χ3v) is 4.20. The zero-order chi connectivity index (χ0) is 19.7. The summed E-state index contributed by atoms with van der Waals surface area (Å²) in [7, 11) is 0. The van der Waals surface area contributed by atoms with Crippen molar-refractivity contribution in [2.75, 3.05) is 11.9 Å². The Hall–Kier alpha value is -3.26. The molecule has 0 saturated heterocycles. The van der Waals surface area contributed by atoms with Gasteiger partial charge in [0.15, 0.2) is 0 Å². The molecule has 4 N–H and O–H groups in total. The van der Waals surface area contributed by atoms with E-state index >= 15 is 0 Å². The van der Waals surface area contributed by atoms with Gasteiger partial charge in [-0.1, -0.05) is 23.7 Å². The average Bonchev–Trinajstić information content (AvgIpc) is 3.17. The number of aryl methyl sites for hydroxylation is 1. The summed E-state index contributed by atoms with van der Waals surface area (Å²) in [6.45, 7) is 3.21. The normalized spacial score (nSPS) is 10.8. The van der Waals surface area contributed by atoms with E-state index in [1.165, 1.54) is 6.92 Å². The first-order valence-electron chi connectivity index (χ1n) is 8.02. The number of ether oxygens (including phenoxy) is 1. The summed E-state index contributed by atoms with van der Waals surface area (Å²) < 4.78 is 10.3. The number of nitrogens with two attached hydrogens (primary N) is 1. The van der Waals surface area contributed by atoms with Crippen LogP contribution in [-0.2, 0) is 4.74 Å². The lowest BCUT2D eigenvalue weighted by Gasteiger charge is -2.04. The highest BCUT2D eigenvalue weighted by Crippen LogP contribution is 2.29. The molecule has 0 fully saturated rings. The second kappa shape index (κ2) is 7.16. The molecule has 0 aliphatic heterocycles. The minimum Gasteiger partial charge on any atom is -0.462 e. The van der Waals surface area contributed by atoms with Crippen LogP contribution in [0.5, 0.6) is 0 Å². The summed E-state index contributed by atoms with van der Waals surface area (Å²) >= 11 is 6.10. The predicted molar refractivity (Wildman–Crippen MR) is 99.2 cm³/mol. The van der Waals surface area contributed by atoms with E-state index < -0.39 is 17.8 Å². The van der Waals surface area contributed by atoms with E-state index in [0.29, 0.717) is 10.5 Å². The van der Waals surface area contributed by atoms with Gasteiger partial charge >= 0.3 is 5.97 Å². The number of nitrogens with one attached hydrogen (secondary N) is 2. The van der Waals surface area contributed by atoms with Crippen molar-refractivity contribution >= 4 is 46.2 Å². The maximum absolute atomic E-state index is 12.6. The van der Waals surface area contributed by atoms with Crippen molar-refractivity contribution in [3.8, 4) is 0 Å². The third kappa shape index (κ3) is 3.39. The number of fused-ring (bicyclic) bond motifs is 1. The van der Waals surface area contributed by atoms with Gasteiger partial charge in [0, 0.05) is 5.39 Å².